The van der Waals surface area contributed by atoms with Crippen molar-refractivity contribution < 1.29 is 4.74 Å². The van der Waals surface area contributed by atoms with Gasteiger partial charge < -0.3 is 10.1 Å². The Kier molecular flexibility index (Phi) is 6.19. The molecule has 18 heavy (non-hydrogen) atoms. The first-order valence-electron chi connectivity index (χ1n) is 6.42. The summed E-state index contributed by atoms with van der Waals surface area (Å²) in [6, 6.07) is 1.83. The van der Waals surface area contributed by atoms with Gasteiger partial charge in [-0.05, 0) is 26.2 Å². The van der Waals surface area contributed by atoms with E-state index in [1.54, 1.807) is 0 Å². The number of alkyl halides is 1. The molecule has 0 spiro atoms. The van der Waals surface area contributed by atoms with Crippen molar-refractivity contribution in [2.24, 2.45) is 0 Å². The molecule has 1 aromatic heterocycles. The quantitative estimate of drug-likeness (QED) is 0.736. The van der Waals surface area contributed by atoms with Crippen LogP contribution in [0.5, 0.6) is 5.88 Å². The van der Waals surface area contributed by atoms with E-state index in [4.69, 9.17) is 16.3 Å². The van der Waals surface area contributed by atoms with Crippen molar-refractivity contribution in [3.63, 3.8) is 0 Å². The van der Waals surface area contributed by atoms with Crippen LogP contribution in [0.25, 0.3) is 0 Å². The molecule has 1 atom stereocenters. The summed E-state index contributed by atoms with van der Waals surface area (Å²) >= 11 is 5.83. The predicted octanol–water partition coefficient (Wildman–Crippen LogP) is 3.47. The van der Waals surface area contributed by atoms with Crippen LogP contribution in [0.15, 0.2) is 12.4 Å². The normalized spacial score (nSPS) is 14.0. The van der Waals surface area contributed by atoms with Gasteiger partial charge in [0.25, 0.3) is 0 Å². The zero-order valence-corrected chi connectivity index (χ0v) is 12.1. The van der Waals surface area contributed by atoms with E-state index in [1.807, 2.05) is 6.07 Å². The molecule has 0 saturated carbocycles. The van der Waals surface area contributed by atoms with Crippen LogP contribution in [0.3, 0.4) is 0 Å². The second-order valence-electron chi connectivity index (χ2n) is 4.57. The van der Waals surface area contributed by atoms with Gasteiger partial charge in [0.1, 0.15) is 12.1 Å². The smallest absolute Gasteiger partial charge is 0.218 e. The van der Waals surface area contributed by atoms with E-state index in [0.717, 1.165) is 25.1 Å². The summed E-state index contributed by atoms with van der Waals surface area (Å²) in [5, 5.41) is 3.41. The maximum Gasteiger partial charge on any atom is 0.218 e. The lowest BCUT2D eigenvalue weighted by molar-refractivity contribution is 0.304. The van der Waals surface area contributed by atoms with E-state index in [2.05, 4.69) is 36.1 Å². The van der Waals surface area contributed by atoms with Crippen molar-refractivity contribution in [1.82, 2.24) is 9.97 Å². The van der Waals surface area contributed by atoms with Gasteiger partial charge in [0.05, 0.1) is 6.61 Å². The van der Waals surface area contributed by atoms with Gasteiger partial charge in [-0.25, -0.2) is 9.97 Å². The Hall–Kier alpha value is -1.03. The summed E-state index contributed by atoms with van der Waals surface area (Å²) in [4.78, 5) is 8.30. The highest BCUT2D eigenvalue weighted by molar-refractivity contribution is 6.17. The summed E-state index contributed by atoms with van der Waals surface area (Å²) in [7, 11) is 0. The molecule has 1 rings (SSSR count). The predicted molar refractivity (Wildman–Crippen MR) is 75.5 cm³/mol. The summed E-state index contributed by atoms with van der Waals surface area (Å²) in [6.07, 6.45) is 4.35. The molecule has 0 aliphatic rings. The third kappa shape index (κ3) is 4.69. The largest absolute Gasteiger partial charge is 0.478 e. The number of hydrogen-bond donors (Lipinski definition) is 1. The number of nitrogens with zero attached hydrogens (tertiary/aromatic N) is 2. The zero-order valence-electron chi connectivity index (χ0n) is 11.4. The minimum atomic E-state index is -0.0435. The molecular formula is C13H22ClN3O. The van der Waals surface area contributed by atoms with Gasteiger partial charge in [0.15, 0.2) is 0 Å². The van der Waals surface area contributed by atoms with E-state index in [9.17, 15) is 0 Å². The second-order valence-corrected chi connectivity index (χ2v) is 4.95. The minimum absolute atomic E-state index is 0.0435. The van der Waals surface area contributed by atoms with E-state index < -0.39 is 0 Å². The molecule has 1 N–H and O–H groups in total. The number of aromatic nitrogens is 2. The van der Waals surface area contributed by atoms with Crippen LogP contribution in [0.4, 0.5) is 5.82 Å². The van der Waals surface area contributed by atoms with Crippen molar-refractivity contribution in [3.05, 3.63) is 12.4 Å². The average Bonchev–Trinajstić information content (AvgIpc) is 2.37. The topological polar surface area (TPSA) is 47.0 Å². The molecule has 1 aromatic rings. The minimum Gasteiger partial charge on any atom is -0.478 e. The van der Waals surface area contributed by atoms with Gasteiger partial charge in [-0.3, -0.25) is 0 Å². The summed E-state index contributed by atoms with van der Waals surface area (Å²) < 4.78 is 5.49. The van der Waals surface area contributed by atoms with Gasteiger partial charge in [-0.15, -0.1) is 11.6 Å². The molecule has 5 heteroatoms. The first-order valence-corrected chi connectivity index (χ1v) is 6.96. The molecular weight excluding hydrogens is 250 g/mol. The molecule has 0 amide bonds. The first-order chi connectivity index (χ1) is 8.63. The van der Waals surface area contributed by atoms with Crippen LogP contribution in [0.1, 0.15) is 40.0 Å². The molecule has 0 radical (unpaired) electrons. The maximum absolute atomic E-state index is 5.83. The van der Waals surface area contributed by atoms with E-state index in [1.165, 1.54) is 6.33 Å². The number of hydrogen-bond acceptors (Lipinski definition) is 4. The summed E-state index contributed by atoms with van der Waals surface area (Å²) in [5.74, 6) is 2.02. The first kappa shape index (κ1) is 15.0. The lowest BCUT2D eigenvalue weighted by Crippen LogP contribution is -2.34. The number of rotatable bonds is 8. The van der Waals surface area contributed by atoms with Crippen molar-refractivity contribution >= 4 is 17.4 Å². The second kappa shape index (κ2) is 7.41. The highest BCUT2D eigenvalue weighted by Gasteiger charge is 2.21. The zero-order chi connectivity index (χ0) is 13.4. The standard InChI is InChI=1S/C13H22ClN3O/c1-4-8-18-12-9-11(15-10-16-12)17-13(3,5-2)6-7-14/h9-10H,4-8H2,1-3H3,(H,15,16,17). The van der Waals surface area contributed by atoms with Crippen LogP contribution >= 0.6 is 11.6 Å². The SMILES string of the molecule is CCCOc1cc(NC(C)(CC)CCCl)ncn1. The lowest BCUT2D eigenvalue weighted by Gasteiger charge is -2.29. The Morgan fingerprint density at radius 1 is 1.39 bits per heavy atom. The summed E-state index contributed by atoms with van der Waals surface area (Å²) in [5.41, 5.74) is -0.0435. The molecule has 102 valence electrons. The monoisotopic (exact) mass is 271 g/mol. The van der Waals surface area contributed by atoms with E-state index in [0.29, 0.717) is 18.4 Å². The fourth-order valence-electron chi connectivity index (χ4n) is 1.54. The highest BCUT2D eigenvalue weighted by Crippen LogP contribution is 2.22. The molecule has 0 fully saturated rings. The van der Waals surface area contributed by atoms with Gasteiger partial charge in [-0.1, -0.05) is 13.8 Å². The number of ether oxygens (including phenoxy) is 1. The van der Waals surface area contributed by atoms with Crippen LogP contribution in [0, 0.1) is 0 Å². The molecule has 1 heterocycles. The van der Waals surface area contributed by atoms with Crippen molar-refractivity contribution in [2.45, 2.75) is 45.6 Å². The van der Waals surface area contributed by atoms with E-state index in [-0.39, 0.29) is 5.54 Å². The fraction of sp³-hybridized carbons (Fsp3) is 0.692. The Bertz CT molecular complexity index is 362. The highest BCUT2D eigenvalue weighted by atomic mass is 35.5. The molecule has 4 nitrogen and oxygen atoms in total. The fourth-order valence-corrected chi connectivity index (χ4v) is 1.96. The van der Waals surface area contributed by atoms with Crippen molar-refractivity contribution in [3.8, 4) is 5.88 Å². The molecule has 0 saturated heterocycles. The van der Waals surface area contributed by atoms with Gasteiger partial charge in [0.2, 0.25) is 5.88 Å². The number of halogens is 1. The third-order valence-electron chi connectivity index (χ3n) is 2.95. The molecule has 1 unspecified atom stereocenters. The average molecular weight is 272 g/mol. The van der Waals surface area contributed by atoms with Crippen LogP contribution < -0.4 is 10.1 Å². The molecule has 0 aliphatic carbocycles. The lowest BCUT2D eigenvalue weighted by atomic mass is 9.95. The van der Waals surface area contributed by atoms with Gasteiger partial charge in [0, 0.05) is 17.5 Å². The Balaban J connectivity index is 2.71. The van der Waals surface area contributed by atoms with E-state index >= 15 is 0 Å². The Morgan fingerprint density at radius 3 is 2.78 bits per heavy atom. The third-order valence-corrected chi connectivity index (χ3v) is 3.14. The van der Waals surface area contributed by atoms with Crippen LogP contribution in [-0.4, -0.2) is 28.0 Å². The van der Waals surface area contributed by atoms with Crippen molar-refractivity contribution in [2.75, 3.05) is 17.8 Å². The molecule has 0 aromatic carbocycles. The number of nitrogens with one attached hydrogen (secondary N) is 1. The molecule has 0 bridgehead atoms. The number of anilines is 1. The van der Waals surface area contributed by atoms with Crippen molar-refractivity contribution in [1.29, 1.82) is 0 Å². The summed E-state index contributed by atoms with van der Waals surface area (Å²) in [6.45, 7) is 7.01. The van der Waals surface area contributed by atoms with Gasteiger partial charge in [-0.2, -0.15) is 0 Å². The molecule has 0 aliphatic heterocycles. The maximum atomic E-state index is 5.83. The Morgan fingerprint density at radius 2 is 2.17 bits per heavy atom. The van der Waals surface area contributed by atoms with Gasteiger partial charge >= 0.3 is 0 Å². The Labute approximate surface area is 114 Å². The van der Waals surface area contributed by atoms with Crippen LogP contribution in [0.2, 0.25) is 0 Å². The van der Waals surface area contributed by atoms with Crippen LogP contribution in [-0.2, 0) is 0 Å².